The van der Waals surface area contributed by atoms with Crippen LogP contribution in [0.3, 0.4) is 0 Å². The predicted octanol–water partition coefficient (Wildman–Crippen LogP) is 2.87. The quantitative estimate of drug-likeness (QED) is 0.814. The molecule has 2 nitrogen and oxygen atoms in total. The van der Waals surface area contributed by atoms with Gasteiger partial charge in [-0.3, -0.25) is 4.90 Å². The van der Waals surface area contributed by atoms with E-state index in [0.717, 1.165) is 24.0 Å². The van der Waals surface area contributed by atoms with E-state index < -0.39 is 0 Å². The van der Waals surface area contributed by atoms with Gasteiger partial charge in [0.25, 0.3) is 0 Å². The Morgan fingerprint density at radius 3 is 2.24 bits per heavy atom. The minimum absolute atomic E-state index is 0.820. The fourth-order valence-corrected chi connectivity index (χ4v) is 2.63. The largest absolute Gasteiger partial charge is 0.369 e. The number of halogens is 1. The summed E-state index contributed by atoms with van der Waals surface area (Å²) >= 11 is 5.91. The summed E-state index contributed by atoms with van der Waals surface area (Å²) < 4.78 is 0. The van der Waals surface area contributed by atoms with Gasteiger partial charge in [0.05, 0.1) is 0 Å². The molecule has 2 fully saturated rings. The van der Waals surface area contributed by atoms with E-state index in [1.54, 1.807) is 0 Å². The second-order valence-electron chi connectivity index (χ2n) is 5.21. The van der Waals surface area contributed by atoms with Gasteiger partial charge in [-0.05, 0) is 43.0 Å². The molecule has 0 N–H and O–H groups in total. The highest BCUT2D eigenvalue weighted by Crippen LogP contribution is 2.30. The lowest BCUT2D eigenvalue weighted by atomic mass is 10.2. The van der Waals surface area contributed by atoms with E-state index >= 15 is 0 Å². The number of nitrogens with zero attached hydrogens (tertiary/aromatic N) is 2. The van der Waals surface area contributed by atoms with Gasteiger partial charge >= 0.3 is 0 Å². The molecule has 1 aliphatic carbocycles. The van der Waals surface area contributed by atoms with Gasteiger partial charge < -0.3 is 4.90 Å². The van der Waals surface area contributed by atoms with Gasteiger partial charge in [-0.25, -0.2) is 0 Å². The van der Waals surface area contributed by atoms with E-state index in [1.807, 2.05) is 12.1 Å². The van der Waals surface area contributed by atoms with Crippen LogP contribution in [0.4, 0.5) is 5.69 Å². The van der Waals surface area contributed by atoms with Gasteiger partial charge in [-0.15, -0.1) is 0 Å². The summed E-state index contributed by atoms with van der Waals surface area (Å²) in [6.45, 7) is 6.04. The summed E-state index contributed by atoms with van der Waals surface area (Å²) in [4.78, 5) is 5.07. The van der Waals surface area contributed by atoms with E-state index in [2.05, 4.69) is 21.9 Å². The fraction of sp³-hybridized carbons (Fsp3) is 0.571. The molecular formula is C14H19ClN2. The molecule has 92 valence electrons. The lowest BCUT2D eigenvalue weighted by Crippen LogP contribution is -2.47. The van der Waals surface area contributed by atoms with Crippen molar-refractivity contribution in [1.29, 1.82) is 0 Å². The van der Waals surface area contributed by atoms with Crippen LogP contribution in [-0.2, 0) is 0 Å². The number of benzene rings is 1. The molecule has 2 aliphatic rings. The van der Waals surface area contributed by atoms with E-state index in [1.165, 1.54) is 38.2 Å². The Morgan fingerprint density at radius 2 is 1.65 bits per heavy atom. The van der Waals surface area contributed by atoms with E-state index in [9.17, 15) is 0 Å². The Kier molecular flexibility index (Phi) is 3.26. The third-order valence-corrected chi connectivity index (χ3v) is 4.03. The molecule has 1 heterocycles. The molecule has 3 heteroatoms. The maximum Gasteiger partial charge on any atom is 0.0407 e. The summed E-state index contributed by atoms with van der Waals surface area (Å²) in [5, 5.41) is 0.820. The molecule has 3 rings (SSSR count). The van der Waals surface area contributed by atoms with Crippen molar-refractivity contribution in [3.8, 4) is 0 Å². The number of anilines is 1. The zero-order valence-corrected chi connectivity index (χ0v) is 10.9. The molecule has 0 amide bonds. The Balaban J connectivity index is 1.54. The van der Waals surface area contributed by atoms with Crippen molar-refractivity contribution in [2.24, 2.45) is 5.92 Å². The molecule has 1 aromatic rings. The molecule has 0 bridgehead atoms. The molecule has 1 saturated carbocycles. The van der Waals surface area contributed by atoms with Crippen LogP contribution >= 0.6 is 11.6 Å². The Labute approximate surface area is 108 Å². The number of rotatable bonds is 3. The van der Waals surface area contributed by atoms with Gasteiger partial charge in [0.2, 0.25) is 0 Å². The van der Waals surface area contributed by atoms with Crippen molar-refractivity contribution >= 4 is 17.3 Å². The molecule has 0 spiro atoms. The van der Waals surface area contributed by atoms with Crippen molar-refractivity contribution in [2.45, 2.75) is 12.8 Å². The molecule has 1 aromatic carbocycles. The highest BCUT2D eigenvalue weighted by molar-refractivity contribution is 6.30. The van der Waals surface area contributed by atoms with Gasteiger partial charge in [0.15, 0.2) is 0 Å². The van der Waals surface area contributed by atoms with Crippen LogP contribution in [-0.4, -0.2) is 37.6 Å². The first kappa shape index (κ1) is 11.4. The predicted molar refractivity (Wildman–Crippen MR) is 72.8 cm³/mol. The third kappa shape index (κ3) is 2.93. The number of hydrogen-bond acceptors (Lipinski definition) is 2. The maximum absolute atomic E-state index is 5.91. The smallest absolute Gasteiger partial charge is 0.0407 e. The van der Waals surface area contributed by atoms with Crippen LogP contribution in [0.25, 0.3) is 0 Å². The minimum atomic E-state index is 0.820. The number of hydrogen-bond donors (Lipinski definition) is 0. The molecule has 1 saturated heterocycles. The first-order valence-corrected chi connectivity index (χ1v) is 6.92. The van der Waals surface area contributed by atoms with E-state index in [4.69, 9.17) is 11.6 Å². The Hall–Kier alpha value is -0.730. The van der Waals surface area contributed by atoms with Gasteiger partial charge in [-0.1, -0.05) is 11.6 Å². The van der Waals surface area contributed by atoms with Crippen molar-refractivity contribution in [1.82, 2.24) is 4.90 Å². The topological polar surface area (TPSA) is 6.48 Å². The van der Waals surface area contributed by atoms with Crippen molar-refractivity contribution in [2.75, 3.05) is 37.6 Å². The van der Waals surface area contributed by atoms with Gasteiger partial charge in [-0.2, -0.15) is 0 Å². The zero-order valence-electron chi connectivity index (χ0n) is 10.1. The van der Waals surface area contributed by atoms with Crippen LogP contribution < -0.4 is 4.90 Å². The SMILES string of the molecule is Clc1ccc(N2CCN(CC3CC3)CC2)cc1. The average Bonchev–Trinajstić information content (AvgIpc) is 3.15. The van der Waals surface area contributed by atoms with Crippen LogP contribution in [0.15, 0.2) is 24.3 Å². The van der Waals surface area contributed by atoms with Crippen LogP contribution in [0.1, 0.15) is 12.8 Å². The fourth-order valence-electron chi connectivity index (χ4n) is 2.51. The van der Waals surface area contributed by atoms with Crippen molar-refractivity contribution in [3.63, 3.8) is 0 Å². The molecule has 1 aliphatic heterocycles. The van der Waals surface area contributed by atoms with Crippen LogP contribution in [0.5, 0.6) is 0 Å². The molecule has 17 heavy (non-hydrogen) atoms. The summed E-state index contributed by atoms with van der Waals surface area (Å²) in [5.41, 5.74) is 1.31. The van der Waals surface area contributed by atoms with E-state index in [0.29, 0.717) is 0 Å². The minimum Gasteiger partial charge on any atom is -0.369 e. The highest BCUT2D eigenvalue weighted by Gasteiger charge is 2.26. The second-order valence-corrected chi connectivity index (χ2v) is 5.64. The summed E-state index contributed by atoms with van der Waals surface area (Å²) in [6.07, 6.45) is 2.91. The summed E-state index contributed by atoms with van der Waals surface area (Å²) in [6, 6.07) is 8.21. The van der Waals surface area contributed by atoms with Crippen molar-refractivity contribution < 1.29 is 0 Å². The lowest BCUT2D eigenvalue weighted by molar-refractivity contribution is 0.248. The van der Waals surface area contributed by atoms with Crippen LogP contribution in [0.2, 0.25) is 5.02 Å². The average molecular weight is 251 g/mol. The van der Waals surface area contributed by atoms with E-state index in [-0.39, 0.29) is 0 Å². The standard InChI is InChI=1S/C14H19ClN2/c15-13-3-5-14(6-4-13)17-9-7-16(8-10-17)11-12-1-2-12/h3-6,12H,1-2,7-11H2. The molecule has 0 atom stereocenters. The first-order chi connectivity index (χ1) is 8.31. The molecular weight excluding hydrogens is 232 g/mol. The van der Waals surface area contributed by atoms with Crippen molar-refractivity contribution in [3.05, 3.63) is 29.3 Å². The normalized spacial score (nSPS) is 21.8. The summed E-state index contributed by atoms with van der Waals surface area (Å²) in [7, 11) is 0. The number of piperazine rings is 1. The van der Waals surface area contributed by atoms with Crippen LogP contribution in [0, 0.1) is 5.92 Å². The molecule has 0 unspecified atom stereocenters. The Bertz CT molecular complexity index is 364. The van der Waals surface area contributed by atoms with Gasteiger partial charge in [0, 0.05) is 43.4 Å². The van der Waals surface area contributed by atoms with Gasteiger partial charge in [0.1, 0.15) is 0 Å². The second kappa shape index (κ2) is 4.87. The maximum atomic E-state index is 5.91. The third-order valence-electron chi connectivity index (χ3n) is 3.78. The first-order valence-electron chi connectivity index (χ1n) is 6.54. The monoisotopic (exact) mass is 250 g/mol. The Morgan fingerprint density at radius 1 is 1.00 bits per heavy atom. The molecule has 0 radical (unpaired) electrons. The summed E-state index contributed by atoms with van der Waals surface area (Å²) in [5.74, 6) is 1.01. The lowest BCUT2D eigenvalue weighted by Gasteiger charge is -2.36. The molecule has 0 aromatic heterocycles. The highest BCUT2D eigenvalue weighted by atomic mass is 35.5. The zero-order chi connectivity index (χ0) is 11.7.